The van der Waals surface area contributed by atoms with Crippen LogP contribution in [0, 0.1) is 26.2 Å². The summed E-state index contributed by atoms with van der Waals surface area (Å²) in [5.74, 6) is 3.38. The number of benzene rings is 1. The second-order valence-electron chi connectivity index (χ2n) is 4.42. The molecule has 0 spiro atoms. The van der Waals surface area contributed by atoms with Crippen LogP contribution in [0.2, 0.25) is 0 Å². The molecule has 0 amide bonds. The minimum Gasteiger partial charge on any atom is -0.480 e. The van der Waals surface area contributed by atoms with E-state index in [-0.39, 0.29) is 6.04 Å². The van der Waals surface area contributed by atoms with Crippen molar-refractivity contribution in [2.75, 3.05) is 6.61 Å². The van der Waals surface area contributed by atoms with Gasteiger partial charge in [-0.1, -0.05) is 25.0 Å². The summed E-state index contributed by atoms with van der Waals surface area (Å²) in [7, 11) is 0. The number of aryl methyl sites for hydroxylation is 2. The Bertz CT molecular complexity index is 394. The molecule has 0 aromatic heterocycles. The number of hydrogen-bond donors (Lipinski definition) is 1. The molecule has 0 saturated carbocycles. The predicted molar refractivity (Wildman–Crippen MR) is 72.2 cm³/mol. The zero-order valence-electron chi connectivity index (χ0n) is 10.9. The zero-order valence-corrected chi connectivity index (χ0v) is 10.9. The Morgan fingerprint density at radius 1 is 1.35 bits per heavy atom. The van der Waals surface area contributed by atoms with Gasteiger partial charge in [0.05, 0.1) is 0 Å². The van der Waals surface area contributed by atoms with E-state index >= 15 is 0 Å². The van der Waals surface area contributed by atoms with Crippen LogP contribution in [0.4, 0.5) is 0 Å². The second-order valence-corrected chi connectivity index (χ2v) is 4.42. The molecule has 1 atom stereocenters. The monoisotopic (exact) mass is 231 g/mol. The SMILES string of the molecule is C#CCOc1c(C)cc(CC(N)CC)cc1C. The lowest BCUT2D eigenvalue weighted by Gasteiger charge is -2.14. The summed E-state index contributed by atoms with van der Waals surface area (Å²) in [6.45, 7) is 6.50. The molecule has 2 N–H and O–H groups in total. The van der Waals surface area contributed by atoms with Gasteiger partial charge in [-0.15, -0.1) is 6.42 Å². The molecule has 0 saturated heterocycles. The summed E-state index contributed by atoms with van der Waals surface area (Å²) in [5, 5.41) is 0. The van der Waals surface area contributed by atoms with Gasteiger partial charge in [-0.25, -0.2) is 0 Å². The molecular weight excluding hydrogens is 210 g/mol. The summed E-state index contributed by atoms with van der Waals surface area (Å²) < 4.78 is 5.54. The highest BCUT2D eigenvalue weighted by atomic mass is 16.5. The van der Waals surface area contributed by atoms with E-state index in [9.17, 15) is 0 Å². The average Bonchev–Trinajstić information content (AvgIpc) is 2.28. The van der Waals surface area contributed by atoms with Gasteiger partial charge in [0.2, 0.25) is 0 Å². The van der Waals surface area contributed by atoms with Gasteiger partial charge in [0.15, 0.2) is 0 Å². The Morgan fingerprint density at radius 3 is 2.41 bits per heavy atom. The first kappa shape index (κ1) is 13.6. The lowest BCUT2D eigenvalue weighted by atomic mass is 9.99. The number of nitrogens with two attached hydrogens (primary N) is 1. The number of terminal acetylenes is 1. The number of rotatable bonds is 5. The van der Waals surface area contributed by atoms with E-state index in [0.29, 0.717) is 6.61 Å². The van der Waals surface area contributed by atoms with Gasteiger partial charge in [0, 0.05) is 6.04 Å². The molecule has 1 aromatic rings. The standard InChI is InChI=1S/C15H21NO/c1-5-7-17-15-11(3)8-13(9-12(15)4)10-14(16)6-2/h1,8-9,14H,6-7,10,16H2,2-4H3. The molecule has 2 heteroatoms. The van der Waals surface area contributed by atoms with Crippen molar-refractivity contribution in [1.29, 1.82) is 0 Å². The Morgan fingerprint density at radius 2 is 1.94 bits per heavy atom. The highest BCUT2D eigenvalue weighted by Gasteiger charge is 2.08. The van der Waals surface area contributed by atoms with Crippen LogP contribution in [0.1, 0.15) is 30.0 Å². The van der Waals surface area contributed by atoms with Crippen LogP contribution < -0.4 is 10.5 Å². The molecule has 2 nitrogen and oxygen atoms in total. The first-order valence-corrected chi connectivity index (χ1v) is 6.00. The maximum Gasteiger partial charge on any atom is 0.148 e. The summed E-state index contributed by atoms with van der Waals surface area (Å²) >= 11 is 0. The molecule has 1 unspecified atom stereocenters. The first-order valence-electron chi connectivity index (χ1n) is 6.00. The fourth-order valence-corrected chi connectivity index (χ4v) is 1.95. The van der Waals surface area contributed by atoms with Crippen LogP contribution in [0.15, 0.2) is 12.1 Å². The Labute approximate surface area is 104 Å². The molecule has 17 heavy (non-hydrogen) atoms. The minimum absolute atomic E-state index is 0.228. The third kappa shape index (κ3) is 3.80. The topological polar surface area (TPSA) is 35.2 Å². The zero-order chi connectivity index (χ0) is 12.8. The van der Waals surface area contributed by atoms with Crippen LogP contribution in [0.5, 0.6) is 5.75 Å². The van der Waals surface area contributed by atoms with Gasteiger partial charge in [-0.2, -0.15) is 0 Å². The summed E-state index contributed by atoms with van der Waals surface area (Å²) in [4.78, 5) is 0. The van der Waals surface area contributed by atoms with Crippen molar-refractivity contribution >= 4 is 0 Å². The molecule has 0 fully saturated rings. The van der Waals surface area contributed by atoms with Gasteiger partial charge in [-0.05, 0) is 43.4 Å². The summed E-state index contributed by atoms with van der Waals surface area (Å²) in [6, 6.07) is 4.49. The minimum atomic E-state index is 0.228. The van der Waals surface area contributed by atoms with Crippen LogP contribution in [-0.4, -0.2) is 12.6 Å². The fraction of sp³-hybridized carbons (Fsp3) is 0.467. The van der Waals surface area contributed by atoms with E-state index in [0.717, 1.165) is 29.7 Å². The molecule has 92 valence electrons. The Kier molecular flexibility index (Phi) is 5.06. The quantitative estimate of drug-likeness (QED) is 0.791. The summed E-state index contributed by atoms with van der Waals surface area (Å²) in [6.07, 6.45) is 7.10. The second kappa shape index (κ2) is 6.32. The van der Waals surface area contributed by atoms with Crippen molar-refractivity contribution in [1.82, 2.24) is 0 Å². The van der Waals surface area contributed by atoms with Crippen molar-refractivity contribution in [2.24, 2.45) is 5.73 Å². The van der Waals surface area contributed by atoms with Crippen molar-refractivity contribution in [2.45, 2.75) is 39.7 Å². The molecule has 0 aliphatic carbocycles. The van der Waals surface area contributed by atoms with E-state index in [2.05, 4.69) is 25.0 Å². The molecule has 0 radical (unpaired) electrons. The smallest absolute Gasteiger partial charge is 0.148 e. The summed E-state index contributed by atoms with van der Waals surface area (Å²) in [5.41, 5.74) is 9.48. The largest absolute Gasteiger partial charge is 0.480 e. The molecule has 1 aromatic carbocycles. The van der Waals surface area contributed by atoms with E-state index < -0.39 is 0 Å². The van der Waals surface area contributed by atoms with E-state index in [1.807, 2.05) is 13.8 Å². The van der Waals surface area contributed by atoms with Crippen LogP contribution >= 0.6 is 0 Å². The highest BCUT2D eigenvalue weighted by Crippen LogP contribution is 2.25. The maximum atomic E-state index is 5.97. The van der Waals surface area contributed by atoms with Crippen LogP contribution in [-0.2, 0) is 6.42 Å². The van der Waals surface area contributed by atoms with Gasteiger partial charge in [0.25, 0.3) is 0 Å². The van der Waals surface area contributed by atoms with Gasteiger partial charge in [-0.3, -0.25) is 0 Å². The highest BCUT2D eigenvalue weighted by molar-refractivity contribution is 5.43. The lowest BCUT2D eigenvalue weighted by molar-refractivity contribution is 0.365. The van der Waals surface area contributed by atoms with Crippen LogP contribution in [0.3, 0.4) is 0 Å². The maximum absolute atomic E-state index is 5.97. The van der Waals surface area contributed by atoms with Crippen molar-refractivity contribution in [3.63, 3.8) is 0 Å². The van der Waals surface area contributed by atoms with E-state index in [4.69, 9.17) is 16.9 Å². The molecular formula is C15H21NO. The normalized spacial score (nSPS) is 11.9. The molecule has 0 aliphatic rings. The number of hydrogen-bond acceptors (Lipinski definition) is 2. The Balaban J connectivity index is 2.89. The predicted octanol–water partition coefficient (Wildman–Crippen LogP) is 2.60. The van der Waals surface area contributed by atoms with Crippen molar-refractivity contribution in [3.05, 3.63) is 28.8 Å². The third-order valence-electron chi connectivity index (χ3n) is 2.84. The molecule has 0 aliphatic heterocycles. The van der Waals surface area contributed by atoms with E-state index in [1.54, 1.807) is 0 Å². The van der Waals surface area contributed by atoms with Gasteiger partial charge in [0.1, 0.15) is 12.4 Å². The van der Waals surface area contributed by atoms with Gasteiger partial charge < -0.3 is 10.5 Å². The van der Waals surface area contributed by atoms with Crippen LogP contribution in [0.25, 0.3) is 0 Å². The van der Waals surface area contributed by atoms with Crippen molar-refractivity contribution in [3.8, 4) is 18.1 Å². The third-order valence-corrected chi connectivity index (χ3v) is 2.84. The molecule has 1 rings (SSSR count). The van der Waals surface area contributed by atoms with E-state index in [1.165, 1.54) is 5.56 Å². The van der Waals surface area contributed by atoms with Gasteiger partial charge >= 0.3 is 0 Å². The first-order chi connectivity index (χ1) is 8.08. The molecule has 0 heterocycles. The lowest BCUT2D eigenvalue weighted by Crippen LogP contribution is -2.21. The Hall–Kier alpha value is -1.46. The average molecular weight is 231 g/mol. The fourth-order valence-electron chi connectivity index (χ4n) is 1.95. The van der Waals surface area contributed by atoms with Crippen molar-refractivity contribution < 1.29 is 4.74 Å². The number of ether oxygens (including phenoxy) is 1. The molecule has 0 bridgehead atoms.